The smallest absolute Gasteiger partial charge is 0.306 e. The van der Waals surface area contributed by atoms with Crippen LogP contribution in [0.1, 0.15) is 130 Å². The number of nitrogens with two attached hydrogens (primary N) is 3. The van der Waals surface area contributed by atoms with Crippen LogP contribution in [-0.2, 0) is 28.6 Å². The lowest BCUT2D eigenvalue weighted by molar-refractivity contribution is -0.200. The molecule has 2 unspecified atom stereocenters. The van der Waals surface area contributed by atoms with Crippen LogP contribution in [-0.4, -0.2) is 67.6 Å². The Hall–Kier alpha value is -1.75. The molecule has 0 amide bonds. The third-order valence-electron chi connectivity index (χ3n) is 12.4. The molecule has 3 saturated carbocycles. The van der Waals surface area contributed by atoms with Crippen LogP contribution >= 0.6 is 0 Å². The average Bonchev–Trinajstić information content (AvgIpc) is 3.42. The third kappa shape index (κ3) is 9.92. The summed E-state index contributed by atoms with van der Waals surface area (Å²) in [5, 5.41) is 9.64. The standard InChI is InChI=1S/C37H67N3O7/c1-5-30(46-33(43)12-7-21-39)35-28-15-14-27(25(2)10-9-23-41)37(28,4)31(47-34(44)13-8-22-40)24-29(35)36(3)18-16-26(17-19-36)45-32(42)11-6-20-38/h25-31,35,41H,5-24,38-40H2,1-4H3/t25-,26-,27?,28+,29+,30-,31+,35?,36+,37-/m1/s1. The van der Waals surface area contributed by atoms with E-state index in [1.807, 2.05) is 0 Å². The van der Waals surface area contributed by atoms with Gasteiger partial charge < -0.3 is 36.5 Å². The molecule has 0 aliphatic heterocycles. The van der Waals surface area contributed by atoms with Crippen LogP contribution in [0, 0.1) is 40.4 Å². The van der Waals surface area contributed by atoms with E-state index >= 15 is 0 Å². The molecule has 0 radical (unpaired) electrons. The number of hydrogen-bond acceptors (Lipinski definition) is 10. The monoisotopic (exact) mass is 665 g/mol. The van der Waals surface area contributed by atoms with Gasteiger partial charge in [-0.25, -0.2) is 0 Å². The number of carbonyl (C=O) groups is 3. The maximum absolute atomic E-state index is 13.3. The van der Waals surface area contributed by atoms with Crippen molar-refractivity contribution in [3.05, 3.63) is 0 Å². The lowest BCUT2D eigenvalue weighted by Crippen LogP contribution is -2.59. The molecule has 8 atom stereocenters. The molecule has 0 spiro atoms. The van der Waals surface area contributed by atoms with Crippen molar-refractivity contribution in [1.82, 2.24) is 0 Å². The van der Waals surface area contributed by atoms with Gasteiger partial charge in [0.2, 0.25) is 0 Å². The molecule has 7 N–H and O–H groups in total. The maximum atomic E-state index is 13.3. The summed E-state index contributed by atoms with van der Waals surface area (Å²) in [6.07, 6.45) is 10.6. The summed E-state index contributed by atoms with van der Waals surface area (Å²) in [4.78, 5) is 38.9. The number of fused-ring (bicyclic) bond motifs is 1. The van der Waals surface area contributed by atoms with Crippen molar-refractivity contribution in [2.45, 2.75) is 149 Å². The van der Waals surface area contributed by atoms with Crippen molar-refractivity contribution in [3.8, 4) is 0 Å². The molecule has 0 aromatic rings. The predicted octanol–water partition coefficient (Wildman–Crippen LogP) is 5.01. The molecule has 0 aromatic heterocycles. The highest BCUT2D eigenvalue weighted by molar-refractivity contribution is 5.70. The lowest BCUT2D eigenvalue weighted by atomic mass is 9.48. The Bertz CT molecular complexity index is 987. The van der Waals surface area contributed by atoms with E-state index < -0.39 is 0 Å². The van der Waals surface area contributed by atoms with Gasteiger partial charge in [-0.2, -0.15) is 0 Å². The fourth-order valence-electron chi connectivity index (χ4n) is 9.82. The largest absolute Gasteiger partial charge is 0.462 e. The second-order valence-electron chi connectivity index (χ2n) is 15.4. The highest BCUT2D eigenvalue weighted by atomic mass is 16.6. The highest BCUT2D eigenvalue weighted by Crippen LogP contribution is 2.66. The number of aliphatic hydroxyl groups excluding tert-OH is 1. The van der Waals surface area contributed by atoms with Crippen LogP contribution in [0.2, 0.25) is 0 Å². The molecule has 10 nitrogen and oxygen atoms in total. The first kappa shape index (κ1) is 39.7. The van der Waals surface area contributed by atoms with E-state index in [9.17, 15) is 19.5 Å². The summed E-state index contributed by atoms with van der Waals surface area (Å²) in [5.74, 6) is 0.569. The van der Waals surface area contributed by atoms with Crippen LogP contribution in [0.15, 0.2) is 0 Å². The Kier molecular flexibility index (Phi) is 15.9. The predicted molar refractivity (Wildman–Crippen MR) is 183 cm³/mol. The third-order valence-corrected chi connectivity index (χ3v) is 12.4. The van der Waals surface area contributed by atoms with Crippen LogP contribution in [0.25, 0.3) is 0 Å². The molecule has 10 heteroatoms. The second-order valence-corrected chi connectivity index (χ2v) is 15.4. The van der Waals surface area contributed by atoms with Gasteiger partial charge in [0.25, 0.3) is 0 Å². The molecule has 3 aliphatic carbocycles. The SMILES string of the molecule is CC[C@@H](OC(=O)CCCN)C1[C@@H]2CCC([C@H](C)CCCO)[C@@]2(C)[C@@H](OC(=O)CCCN)C[C@@H]1[C@]1(C)CC[C@H](OC(=O)CCCN)CC1. The van der Waals surface area contributed by atoms with Crippen molar-refractivity contribution in [3.63, 3.8) is 0 Å². The van der Waals surface area contributed by atoms with E-state index in [0.717, 1.165) is 51.4 Å². The number of carbonyl (C=O) groups excluding carboxylic acids is 3. The van der Waals surface area contributed by atoms with Gasteiger partial charge in [0.15, 0.2) is 0 Å². The Morgan fingerprint density at radius 3 is 1.94 bits per heavy atom. The number of rotatable bonds is 19. The molecule has 0 heterocycles. The van der Waals surface area contributed by atoms with Crippen LogP contribution in [0.3, 0.4) is 0 Å². The molecule has 3 rings (SSSR count). The minimum atomic E-state index is -0.294. The van der Waals surface area contributed by atoms with Gasteiger partial charge in [-0.1, -0.05) is 27.7 Å². The number of esters is 3. The van der Waals surface area contributed by atoms with E-state index in [1.54, 1.807) is 0 Å². The van der Waals surface area contributed by atoms with Crippen molar-refractivity contribution in [2.24, 2.45) is 57.6 Å². The molecule has 0 aromatic carbocycles. The van der Waals surface area contributed by atoms with E-state index in [-0.39, 0.29) is 71.4 Å². The molecule has 3 aliphatic rings. The first-order chi connectivity index (χ1) is 22.5. The zero-order valence-corrected chi connectivity index (χ0v) is 29.9. The van der Waals surface area contributed by atoms with Crippen LogP contribution in [0.4, 0.5) is 0 Å². The topological polar surface area (TPSA) is 177 Å². The van der Waals surface area contributed by atoms with Crippen molar-refractivity contribution < 1.29 is 33.7 Å². The zero-order chi connectivity index (χ0) is 34.6. The average molecular weight is 666 g/mol. The maximum Gasteiger partial charge on any atom is 0.306 e. The number of hydrogen-bond donors (Lipinski definition) is 4. The molecular weight excluding hydrogens is 598 g/mol. The molecular formula is C37H67N3O7. The highest BCUT2D eigenvalue weighted by Gasteiger charge is 2.64. The molecule has 272 valence electrons. The fraction of sp³-hybridized carbons (Fsp3) is 0.919. The summed E-state index contributed by atoms with van der Waals surface area (Å²) >= 11 is 0. The Balaban J connectivity index is 2.00. The lowest BCUT2D eigenvalue weighted by Gasteiger charge is -2.59. The fourth-order valence-corrected chi connectivity index (χ4v) is 9.82. The molecule has 3 fully saturated rings. The van der Waals surface area contributed by atoms with Crippen molar-refractivity contribution in [1.29, 1.82) is 0 Å². The van der Waals surface area contributed by atoms with Gasteiger partial charge in [-0.3, -0.25) is 14.4 Å². The first-order valence-electron chi connectivity index (χ1n) is 18.8. The zero-order valence-electron chi connectivity index (χ0n) is 29.9. The summed E-state index contributed by atoms with van der Waals surface area (Å²) in [6, 6.07) is 0. The minimum absolute atomic E-state index is 0.105. The van der Waals surface area contributed by atoms with Gasteiger partial charge in [0, 0.05) is 37.2 Å². The first-order valence-corrected chi connectivity index (χ1v) is 18.8. The van der Waals surface area contributed by atoms with Crippen LogP contribution in [0.5, 0.6) is 0 Å². The Labute approximate surface area is 283 Å². The van der Waals surface area contributed by atoms with Gasteiger partial charge in [-0.05, 0) is 132 Å². The van der Waals surface area contributed by atoms with Gasteiger partial charge in [-0.15, -0.1) is 0 Å². The molecule has 47 heavy (non-hydrogen) atoms. The van der Waals surface area contributed by atoms with E-state index in [0.29, 0.717) is 82.8 Å². The van der Waals surface area contributed by atoms with Gasteiger partial charge >= 0.3 is 17.9 Å². The number of ether oxygens (including phenoxy) is 3. The second kappa shape index (κ2) is 18.9. The van der Waals surface area contributed by atoms with Gasteiger partial charge in [0.1, 0.15) is 18.3 Å². The number of aliphatic hydroxyl groups is 1. The summed E-state index contributed by atoms with van der Waals surface area (Å²) in [7, 11) is 0. The van der Waals surface area contributed by atoms with E-state index in [2.05, 4.69) is 27.7 Å². The molecule has 0 bridgehead atoms. The van der Waals surface area contributed by atoms with E-state index in [1.165, 1.54) is 0 Å². The quantitative estimate of drug-likeness (QED) is 0.108. The van der Waals surface area contributed by atoms with Crippen molar-refractivity contribution >= 4 is 17.9 Å². The summed E-state index contributed by atoms with van der Waals surface area (Å²) in [5.41, 5.74) is 16.7. The van der Waals surface area contributed by atoms with E-state index in [4.69, 9.17) is 31.4 Å². The minimum Gasteiger partial charge on any atom is -0.462 e. The normalized spacial score (nSPS) is 33.4. The van der Waals surface area contributed by atoms with Gasteiger partial charge in [0.05, 0.1) is 0 Å². The molecule has 0 saturated heterocycles. The summed E-state index contributed by atoms with van der Waals surface area (Å²) in [6.45, 7) is 10.6. The Morgan fingerprint density at radius 2 is 1.38 bits per heavy atom. The summed E-state index contributed by atoms with van der Waals surface area (Å²) < 4.78 is 18.8. The van der Waals surface area contributed by atoms with Crippen LogP contribution < -0.4 is 17.2 Å². The van der Waals surface area contributed by atoms with Crippen molar-refractivity contribution in [2.75, 3.05) is 26.2 Å². The Morgan fingerprint density at radius 1 is 0.809 bits per heavy atom.